The van der Waals surface area contributed by atoms with E-state index in [0.29, 0.717) is 23.6 Å². The first kappa shape index (κ1) is 24.2. The van der Waals surface area contributed by atoms with E-state index in [1.54, 1.807) is 29.2 Å². The zero-order valence-electron chi connectivity index (χ0n) is 21.2. The summed E-state index contributed by atoms with van der Waals surface area (Å²) in [5, 5.41) is 0. The number of hydrogen-bond donors (Lipinski definition) is 0. The molecule has 36 heavy (non-hydrogen) atoms. The van der Waals surface area contributed by atoms with Crippen molar-refractivity contribution in [2.24, 2.45) is 5.41 Å². The molecule has 1 saturated carbocycles. The summed E-state index contributed by atoms with van der Waals surface area (Å²) in [6, 6.07) is 13.9. The highest BCUT2D eigenvalue weighted by molar-refractivity contribution is 6.23. The Kier molecular flexibility index (Phi) is 6.41. The lowest BCUT2D eigenvalue weighted by Gasteiger charge is -2.38. The van der Waals surface area contributed by atoms with E-state index in [0.717, 1.165) is 43.2 Å². The van der Waals surface area contributed by atoms with Crippen LogP contribution in [0.4, 0.5) is 5.69 Å². The largest absolute Gasteiger partial charge is 0.436 e. The molecule has 1 unspecified atom stereocenters. The number of imide groups is 1. The molecule has 1 saturated heterocycles. The molecule has 2 aromatic carbocycles. The molecule has 1 aliphatic heterocycles. The Hall–Kier alpha value is -3.48. The summed E-state index contributed by atoms with van der Waals surface area (Å²) < 4.78 is 5.84. The highest BCUT2D eigenvalue weighted by atomic mass is 16.3. The Morgan fingerprint density at radius 3 is 2.39 bits per heavy atom. The summed E-state index contributed by atoms with van der Waals surface area (Å²) in [5.41, 5.74) is 2.53. The number of carbonyl (C=O) groups excluding carboxylic acids is 3. The molecule has 7 heteroatoms. The van der Waals surface area contributed by atoms with Gasteiger partial charge in [0.2, 0.25) is 17.7 Å². The van der Waals surface area contributed by atoms with Gasteiger partial charge in [0, 0.05) is 18.0 Å². The van der Waals surface area contributed by atoms with Crippen molar-refractivity contribution in [1.82, 2.24) is 9.88 Å². The van der Waals surface area contributed by atoms with E-state index in [1.165, 1.54) is 4.90 Å². The molecule has 3 amide bonds. The fraction of sp³-hybridized carbons (Fsp3) is 0.448. The number of para-hydroxylation sites is 2. The maximum Gasteiger partial charge on any atom is 0.257 e. The second kappa shape index (κ2) is 9.52. The van der Waals surface area contributed by atoms with Gasteiger partial charge in [-0.15, -0.1) is 0 Å². The van der Waals surface area contributed by atoms with Crippen LogP contribution in [0.25, 0.3) is 22.6 Å². The van der Waals surface area contributed by atoms with E-state index in [-0.39, 0.29) is 35.6 Å². The van der Waals surface area contributed by atoms with Gasteiger partial charge in [-0.3, -0.25) is 14.4 Å². The Bertz CT molecular complexity index is 1250. The molecule has 2 heterocycles. The highest BCUT2D eigenvalue weighted by Gasteiger charge is 2.46. The molecule has 1 aromatic heterocycles. The molecule has 0 spiro atoms. The number of hydrogen-bond acceptors (Lipinski definition) is 5. The van der Waals surface area contributed by atoms with Crippen molar-refractivity contribution in [1.29, 1.82) is 0 Å². The van der Waals surface area contributed by atoms with Gasteiger partial charge in [0.1, 0.15) is 11.6 Å². The summed E-state index contributed by atoms with van der Waals surface area (Å²) in [4.78, 5) is 47.7. The number of benzene rings is 2. The summed E-state index contributed by atoms with van der Waals surface area (Å²) in [6.07, 6.45) is 5.37. The summed E-state index contributed by atoms with van der Waals surface area (Å²) in [7, 11) is 0. The number of oxazole rings is 1. The third-order valence-electron chi connectivity index (χ3n) is 7.06. The van der Waals surface area contributed by atoms with Crippen LogP contribution in [0.1, 0.15) is 65.7 Å². The van der Waals surface area contributed by atoms with Crippen LogP contribution in [0.5, 0.6) is 0 Å². The minimum absolute atomic E-state index is 0.0110. The fourth-order valence-corrected chi connectivity index (χ4v) is 5.39. The predicted octanol–water partition coefficient (Wildman–Crippen LogP) is 5.72. The minimum atomic E-state index is -0.743. The molecule has 0 bridgehead atoms. The lowest BCUT2D eigenvalue weighted by molar-refractivity contribution is -0.143. The van der Waals surface area contributed by atoms with E-state index in [1.807, 2.05) is 45.0 Å². The Balaban J connectivity index is 1.39. The number of fused-ring (bicyclic) bond motifs is 1. The summed E-state index contributed by atoms with van der Waals surface area (Å²) >= 11 is 0. The van der Waals surface area contributed by atoms with Crippen LogP contribution in [0, 0.1) is 5.41 Å². The van der Waals surface area contributed by atoms with Gasteiger partial charge in [-0.1, -0.05) is 52.2 Å². The van der Waals surface area contributed by atoms with Crippen molar-refractivity contribution in [2.45, 2.75) is 77.8 Å². The fourth-order valence-electron chi connectivity index (χ4n) is 5.39. The molecule has 2 fully saturated rings. The Morgan fingerprint density at radius 1 is 1.03 bits per heavy atom. The van der Waals surface area contributed by atoms with E-state index < -0.39 is 6.04 Å². The van der Waals surface area contributed by atoms with Gasteiger partial charge in [-0.2, -0.15) is 0 Å². The predicted molar refractivity (Wildman–Crippen MR) is 138 cm³/mol. The molecule has 2 aliphatic rings. The molecule has 188 valence electrons. The molecule has 0 N–H and O–H groups in total. The quantitative estimate of drug-likeness (QED) is 0.430. The minimum Gasteiger partial charge on any atom is -0.436 e. The van der Waals surface area contributed by atoms with Gasteiger partial charge < -0.3 is 9.32 Å². The number of anilines is 1. The van der Waals surface area contributed by atoms with Crippen molar-refractivity contribution in [3.8, 4) is 11.5 Å². The number of aromatic nitrogens is 1. The van der Waals surface area contributed by atoms with Crippen LogP contribution in [-0.4, -0.2) is 39.7 Å². The normalized spacial score (nSPS) is 19.3. The smallest absolute Gasteiger partial charge is 0.257 e. The Labute approximate surface area is 211 Å². The first-order valence-electron chi connectivity index (χ1n) is 12.9. The molecule has 3 aromatic rings. The average Bonchev–Trinajstić information content (AvgIpc) is 3.40. The van der Waals surface area contributed by atoms with Gasteiger partial charge in [0.05, 0.1) is 12.1 Å². The zero-order chi connectivity index (χ0) is 25.4. The van der Waals surface area contributed by atoms with Crippen LogP contribution >= 0.6 is 0 Å². The van der Waals surface area contributed by atoms with Gasteiger partial charge in [0.25, 0.3) is 5.91 Å². The SMILES string of the molecule is CC(C)(C)CC(=O)N(C1CCCCC1)C1CC(=O)N(c2ccc(-c3nc4ccccc4o3)cc2)C1=O. The van der Waals surface area contributed by atoms with Gasteiger partial charge in [-0.05, 0) is 54.7 Å². The van der Waals surface area contributed by atoms with E-state index >= 15 is 0 Å². The number of amides is 3. The first-order chi connectivity index (χ1) is 17.2. The number of carbonyl (C=O) groups is 3. The summed E-state index contributed by atoms with van der Waals surface area (Å²) in [6.45, 7) is 6.07. The molecular weight excluding hydrogens is 454 g/mol. The topological polar surface area (TPSA) is 83.7 Å². The summed E-state index contributed by atoms with van der Waals surface area (Å²) in [5.74, 6) is -0.143. The Morgan fingerprint density at radius 2 is 1.72 bits per heavy atom. The first-order valence-corrected chi connectivity index (χ1v) is 12.9. The van der Waals surface area contributed by atoms with E-state index in [2.05, 4.69) is 4.98 Å². The van der Waals surface area contributed by atoms with Crippen molar-refractivity contribution in [2.75, 3.05) is 4.90 Å². The van der Waals surface area contributed by atoms with Crippen LogP contribution in [0.3, 0.4) is 0 Å². The molecule has 1 aliphatic carbocycles. The molecular formula is C29H33N3O4. The maximum atomic E-state index is 13.6. The van der Waals surface area contributed by atoms with Crippen LogP contribution in [0.2, 0.25) is 0 Å². The molecule has 5 rings (SSSR count). The number of nitrogens with zero attached hydrogens (tertiary/aromatic N) is 3. The van der Waals surface area contributed by atoms with Crippen LogP contribution < -0.4 is 4.90 Å². The molecule has 1 atom stereocenters. The van der Waals surface area contributed by atoms with Crippen molar-refractivity contribution in [3.05, 3.63) is 48.5 Å². The zero-order valence-corrected chi connectivity index (χ0v) is 21.2. The lowest BCUT2D eigenvalue weighted by Crippen LogP contribution is -2.52. The van der Waals surface area contributed by atoms with Crippen molar-refractivity contribution in [3.63, 3.8) is 0 Å². The maximum absolute atomic E-state index is 13.6. The average molecular weight is 488 g/mol. The highest BCUT2D eigenvalue weighted by Crippen LogP contribution is 2.34. The number of rotatable bonds is 5. The van der Waals surface area contributed by atoms with Gasteiger partial charge in [0.15, 0.2) is 5.58 Å². The van der Waals surface area contributed by atoms with Crippen molar-refractivity contribution >= 4 is 34.5 Å². The van der Waals surface area contributed by atoms with Gasteiger partial charge in [-0.25, -0.2) is 9.88 Å². The molecule has 7 nitrogen and oxygen atoms in total. The third kappa shape index (κ3) is 4.79. The third-order valence-corrected chi connectivity index (χ3v) is 7.06. The van der Waals surface area contributed by atoms with Crippen molar-refractivity contribution < 1.29 is 18.8 Å². The lowest BCUT2D eigenvalue weighted by atomic mass is 9.88. The van der Waals surface area contributed by atoms with E-state index in [9.17, 15) is 14.4 Å². The van der Waals surface area contributed by atoms with Gasteiger partial charge >= 0.3 is 0 Å². The van der Waals surface area contributed by atoms with Crippen LogP contribution in [0.15, 0.2) is 52.9 Å². The monoisotopic (exact) mass is 487 g/mol. The second-order valence-corrected chi connectivity index (χ2v) is 11.2. The standard InChI is InChI=1S/C29H33N3O4/c1-29(2,3)18-26(34)31(20-9-5-4-6-10-20)23-17-25(33)32(28(23)35)21-15-13-19(14-16-21)27-30-22-11-7-8-12-24(22)36-27/h7-8,11-16,20,23H,4-6,9-10,17-18H2,1-3H3. The molecule has 0 radical (unpaired) electrons. The van der Waals surface area contributed by atoms with Crippen LogP contribution in [-0.2, 0) is 14.4 Å². The second-order valence-electron chi connectivity index (χ2n) is 11.2. The van der Waals surface area contributed by atoms with E-state index in [4.69, 9.17) is 4.42 Å².